The Morgan fingerprint density at radius 2 is 1.94 bits per heavy atom. The Labute approximate surface area is 105 Å². The minimum atomic E-state index is 0.612. The Bertz CT molecular complexity index is 380. The normalized spacial score (nSPS) is 33.9. The molecule has 0 spiro atoms. The highest BCUT2D eigenvalue weighted by Gasteiger charge is 2.53. The molecule has 17 heavy (non-hydrogen) atoms. The molecular weight excluding hydrogens is 206 g/mol. The summed E-state index contributed by atoms with van der Waals surface area (Å²) in [5, 5.41) is 3.61. The maximum atomic E-state index is 3.61. The second-order valence-electron chi connectivity index (χ2n) is 6.44. The van der Waals surface area contributed by atoms with Crippen molar-refractivity contribution in [1.29, 1.82) is 0 Å². The van der Waals surface area contributed by atoms with E-state index in [1.165, 1.54) is 24.9 Å². The van der Waals surface area contributed by atoms with Crippen LogP contribution in [0.5, 0.6) is 0 Å². The van der Waals surface area contributed by atoms with Crippen LogP contribution in [0.25, 0.3) is 0 Å². The first-order chi connectivity index (χ1) is 8.18. The smallest absolute Gasteiger partial charge is 0.0340 e. The van der Waals surface area contributed by atoms with Gasteiger partial charge in [0.1, 0.15) is 0 Å². The van der Waals surface area contributed by atoms with Gasteiger partial charge in [0.05, 0.1) is 0 Å². The molecule has 0 aromatic heterocycles. The number of para-hydroxylation sites is 1. The number of hydrogen-bond acceptors (Lipinski definition) is 1. The molecule has 0 radical (unpaired) electrons. The van der Waals surface area contributed by atoms with E-state index in [4.69, 9.17) is 0 Å². The lowest BCUT2D eigenvalue weighted by Crippen LogP contribution is -2.53. The van der Waals surface area contributed by atoms with Gasteiger partial charge in [-0.25, -0.2) is 0 Å². The van der Waals surface area contributed by atoms with Gasteiger partial charge in [0, 0.05) is 12.2 Å². The van der Waals surface area contributed by atoms with E-state index in [0.717, 1.165) is 24.3 Å². The predicted molar refractivity (Wildman–Crippen MR) is 73.0 cm³/mol. The molecule has 0 heterocycles. The van der Waals surface area contributed by atoms with Crippen molar-refractivity contribution in [3.8, 4) is 0 Å². The third kappa shape index (κ3) is 1.86. The van der Waals surface area contributed by atoms with Crippen LogP contribution in [0.2, 0.25) is 0 Å². The fraction of sp³-hybridized carbons (Fsp3) is 0.625. The molecule has 3 saturated carbocycles. The van der Waals surface area contributed by atoms with Crippen LogP contribution in [0.1, 0.15) is 33.1 Å². The van der Waals surface area contributed by atoms with Gasteiger partial charge in [0.25, 0.3) is 0 Å². The Hall–Kier alpha value is -0.980. The zero-order chi connectivity index (χ0) is 11.9. The average Bonchev–Trinajstić information content (AvgIpc) is 2.37. The van der Waals surface area contributed by atoms with Gasteiger partial charge in [-0.3, -0.25) is 0 Å². The molecule has 3 fully saturated rings. The average molecular weight is 229 g/mol. The van der Waals surface area contributed by atoms with Crippen molar-refractivity contribution in [2.45, 2.75) is 33.1 Å². The van der Waals surface area contributed by atoms with Gasteiger partial charge in [-0.2, -0.15) is 0 Å². The topological polar surface area (TPSA) is 12.0 Å². The second-order valence-corrected chi connectivity index (χ2v) is 6.44. The quantitative estimate of drug-likeness (QED) is 0.820. The summed E-state index contributed by atoms with van der Waals surface area (Å²) in [6.07, 6.45) is 4.36. The third-order valence-electron chi connectivity index (χ3n) is 5.34. The van der Waals surface area contributed by atoms with Crippen molar-refractivity contribution in [1.82, 2.24) is 0 Å². The molecule has 3 aliphatic rings. The number of rotatable bonds is 3. The molecule has 92 valence electrons. The van der Waals surface area contributed by atoms with Gasteiger partial charge in [-0.1, -0.05) is 32.0 Å². The van der Waals surface area contributed by atoms with Crippen molar-refractivity contribution in [2.24, 2.45) is 23.2 Å². The lowest BCUT2D eigenvalue weighted by molar-refractivity contribution is -0.100. The number of nitrogens with one attached hydrogen (secondary N) is 1. The lowest BCUT2D eigenvalue weighted by atomic mass is 9.45. The fourth-order valence-electron chi connectivity index (χ4n) is 4.01. The van der Waals surface area contributed by atoms with Gasteiger partial charge >= 0.3 is 0 Å². The van der Waals surface area contributed by atoms with Gasteiger partial charge in [-0.15, -0.1) is 0 Å². The lowest BCUT2D eigenvalue weighted by Gasteiger charge is -2.60. The molecule has 1 nitrogen and oxygen atoms in total. The summed E-state index contributed by atoms with van der Waals surface area (Å²) < 4.78 is 0. The van der Waals surface area contributed by atoms with Crippen molar-refractivity contribution >= 4 is 5.69 Å². The van der Waals surface area contributed by atoms with Crippen molar-refractivity contribution in [3.63, 3.8) is 0 Å². The molecular formula is C16H23N. The predicted octanol–water partition coefficient (Wildman–Crippen LogP) is 4.17. The van der Waals surface area contributed by atoms with Crippen LogP contribution in [0, 0.1) is 23.2 Å². The van der Waals surface area contributed by atoms with E-state index in [1.54, 1.807) is 0 Å². The van der Waals surface area contributed by atoms with Gasteiger partial charge in [-0.05, 0) is 54.6 Å². The minimum absolute atomic E-state index is 0.612. The van der Waals surface area contributed by atoms with Crippen LogP contribution in [0.15, 0.2) is 30.3 Å². The van der Waals surface area contributed by atoms with E-state index in [2.05, 4.69) is 49.5 Å². The Balaban J connectivity index is 1.59. The number of anilines is 1. The first kappa shape index (κ1) is 11.1. The molecule has 1 aromatic carbocycles. The zero-order valence-electron chi connectivity index (χ0n) is 10.9. The van der Waals surface area contributed by atoms with Crippen LogP contribution < -0.4 is 5.32 Å². The molecule has 2 bridgehead atoms. The summed E-state index contributed by atoms with van der Waals surface area (Å²) in [5.74, 6) is 2.85. The van der Waals surface area contributed by atoms with E-state index in [9.17, 15) is 0 Å². The van der Waals surface area contributed by atoms with Crippen LogP contribution >= 0.6 is 0 Å². The molecule has 3 unspecified atom stereocenters. The van der Waals surface area contributed by atoms with Crippen LogP contribution in [-0.4, -0.2) is 6.54 Å². The van der Waals surface area contributed by atoms with Gasteiger partial charge in [0.15, 0.2) is 0 Å². The summed E-state index contributed by atoms with van der Waals surface area (Å²) in [4.78, 5) is 0. The van der Waals surface area contributed by atoms with Gasteiger partial charge < -0.3 is 5.32 Å². The van der Waals surface area contributed by atoms with E-state index >= 15 is 0 Å². The molecule has 3 aliphatic carbocycles. The van der Waals surface area contributed by atoms with Gasteiger partial charge in [0.2, 0.25) is 0 Å². The summed E-state index contributed by atoms with van der Waals surface area (Å²) in [6, 6.07) is 10.6. The molecule has 0 aliphatic heterocycles. The van der Waals surface area contributed by atoms with Crippen molar-refractivity contribution in [2.75, 3.05) is 11.9 Å². The number of fused-ring (bicyclic) bond motifs is 2. The summed E-state index contributed by atoms with van der Waals surface area (Å²) in [7, 11) is 0. The second kappa shape index (κ2) is 4.04. The summed E-state index contributed by atoms with van der Waals surface area (Å²) in [6.45, 7) is 6.10. The Morgan fingerprint density at radius 3 is 2.59 bits per heavy atom. The van der Waals surface area contributed by atoms with Crippen LogP contribution in [0.4, 0.5) is 5.69 Å². The van der Waals surface area contributed by atoms with Crippen LogP contribution in [0.3, 0.4) is 0 Å². The molecule has 1 aromatic rings. The summed E-state index contributed by atoms with van der Waals surface area (Å²) >= 11 is 0. The molecule has 0 saturated heterocycles. The monoisotopic (exact) mass is 229 g/mol. The Kier molecular flexibility index (Phi) is 2.65. The molecule has 3 atom stereocenters. The first-order valence-corrected chi connectivity index (χ1v) is 6.97. The Morgan fingerprint density at radius 1 is 1.18 bits per heavy atom. The molecule has 4 rings (SSSR count). The fourth-order valence-corrected chi connectivity index (χ4v) is 4.01. The van der Waals surface area contributed by atoms with Crippen LogP contribution in [-0.2, 0) is 0 Å². The summed E-state index contributed by atoms with van der Waals surface area (Å²) in [5.41, 5.74) is 1.88. The maximum Gasteiger partial charge on any atom is 0.0340 e. The maximum absolute atomic E-state index is 3.61. The van der Waals surface area contributed by atoms with E-state index in [1.807, 2.05) is 0 Å². The van der Waals surface area contributed by atoms with Crippen molar-refractivity contribution < 1.29 is 0 Å². The zero-order valence-corrected chi connectivity index (χ0v) is 10.9. The highest BCUT2D eigenvalue weighted by atomic mass is 14.9. The van der Waals surface area contributed by atoms with E-state index in [0.29, 0.717) is 5.41 Å². The number of hydrogen-bond donors (Lipinski definition) is 1. The number of benzene rings is 1. The SMILES string of the molecule is CC1(C)C2CCC(CNc3ccccc3)C1C2. The molecule has 1 heteroatoms. The highest BCUT2D eigenvalue weighted by Crippen LogP contribution is 2.61. The molecule has 1 N–H and O–H groups in total. The molecule has 0 amide bonds. The third-order valence-corrected chi connectivity index (χ3v) is 5.34. The van der Waals surface area contributed by atoms with E-state index < -0.39 is 0 Å². The van der Waals surface area contributed by atoms with E-state index in [-0.39, 0.29) is 0 Å². The van der Waals surface area contributed by atoms with Crippen molar-refractivity contribution in [3.05, 3.63) is 30.3 Å². The highest BCUT2D eigenvalue weighted by molar-refractivity contribution is 5.42. The minimum Gasteiger partial charge on any atom is -0.385 e. The first-order valence-electron chi connectivity index (χ1n) is 6.97. The standard InChI is InChI=1S/C16H23N/c1-16(2)13-9-8-12(15(16)10-13)11-17-14-6-4-3-5-7-14/h3-7,12-13,15,17H,8-11H2,1-2H3. The largest absolute Gasteiger partial charge is 0.385 e.